The molecule has 0 heterocycles. The summed E-state index contributed by atoms with van der Waals surface area (Å²) in [6.45, 7) is 1.84. The Morgan fingerprint density at radius 2 is 1.94 bits per heavy atom. The number of amides is 1. The Bertz CT molecular complexity index is 414. The Hall–Kier alpha value is -2.04. The molecule has 1 unspecified atom stereocenters. The lowest BCUT2D eigenvalue weighted by molar-refractivity contribution is -0.137. The van der Waals surface area contributed by atoms with Gasteiger partial charge in [0.15, 0.2) is 0 Å². The molecule has 0 fully saturated rings. The number of carboxylic acid groups (broad SMARTS) is 1. The maximum absolute atomic E-state index is 11.9. The minimum absolute atomic E-state index is 0.0710. The number of ether oxygens (including phenoxy) is 1. The Labute approximate surface area is 106 Å². The average Bonchev–Trinajstić information content (AvgIpc) is 2.37. The van der Waals surface area contributed by atoms with E-state index in [1.54, 1.807) is 31.4 Å². The van der Waals surface area contributed by atoms with Gasteiger partial charge in [-0.3, -0.25) is 9.59 Å². The standard InChI is InChI=1S/C13H17NO4/c1-3-10(8-12(15)16)14-13(17)9-4-6-11(18-2)7-5-9/h4-7,10H,3,8H2,1-2H3,(H,14,17)(H,15,16). The van der Waals surface area contributed by atoms with Crippen LogP contribution < -0.4 is 10.1 Å². The van der Waals surface area contributed by atoms with Crippen LogP contribution in [0.3, 0.4) is 0 Å². The molecule has 2 N–H and O–H groups in total. The Morgan fingerprint density at radius 1 is 1.33 bits per heavy atom. The van der Waals surface area contributed by atoms with Crippen molar-refractivity contribution in [3.63, 3.8) is 0 Å². The Balaban J connectivity index is 2.65. The van der Waals surface area contributed by atoms with Crippen molar-refractivity contribution in [3.05, 3.63) is 29.8 Å². The largest absolute Gasteiger partial charge is 0.497 e. The van der Waals surface area contributed by atoms with Crippen molar-refractivity contribution >= 4 is 11.9 Å². The van der Waals surface area contributed by atoms with Gasteiger partial charge < -0.3 is 15.2 Å². The quantitative estimate of drug-likeness (QED) is 0.806. The van der Waals surface area contributed by atoms with E-state index < -0.39 is 5.97 Å². The number of carbonyl (C=O) groups is 2. The first-order valence-electron chi connectivity index (χ1n) is 5.73. The zero-order valence-electron chi connectivity index (χ0n) is 10.5. The molecule has 5 nitrogen and oxygen atoms in total. The molecule has 0 bridgehead atoms. The minimum atomic E-state index is -0.920. The number of hydrogen-bond donors (Lipinski definition) is 2. The molecule has 98 valence electrons. The SMILES string of the molecule is CCC(CC(=O)O)NC(=O)c1ccc(OC)cc1. The van der Waals surface area contributed by atoms with Crippen molar-refractivity contribution in [2.24, 2.45) is 0 Å². The molecular formula is C13H17NO4. The summed E-state index contributed by atoms with van der Waals surface area (Å²) < 4.78 is 4.99. The van der Waals surface area contributed by atoms with E-state index in [9.17, 15) is 9.59 Å². The minimum Gasteiger partial charge on any atom is -0.497 e. The Kier molecular flexibility index (Phi) is 5.17. The van der Waals surface area contributed by atoms with Crippen molar-refractivity contribution < 1.29 is 19.4 Å². The van der Waals surface area contributed by atoms with Gasteiger partial charge in [0.05, 0.1) is 13.5 Å². The molecule has 1 atom stereocenters. The fraction of sp³-hybridized carbons (Fsp3) is 0.385. The number of rotatable bonds is 6. The van der Waals surface area contributed by atoms with Crippen molar-refractivity contribution in [3.8, 4) is 5.75 Å². The Morgan fingerprint density at radius 3 is 2.39 bits per heavy atom. The van der Waals surface area contributed by atoms with Crippen LogP contribution in [0, 0.1) is 0 Å². The first-order valence-corrected chi connectivity index (χ1v) is 5.73. The molecule has 0 aromatic heterocycles. The maximum Gasteiger partial charge on any atom is 0.305 e. The molecule has 0 aliphatic carbocycles. The van der Waals surface area contributed by atoms with Crippen molar-refractivity contribution in [2.75, 3.05) is 7.11 Å². The molecule has 18 heavy (non-hydrogen) atoms. The van der Waals surface area contributed by atoms with Crippen LogP contribution in [0.5, 0.6) is 5.75 Å². The third kappa shape index (κ3) is 4.08. The van der Waals surface area contributed by atoms with Crippen molar-refractivity contribution in [1.29, 1.82) is 0 Å². The number of aliphatic carboxylic acids is 1. The molecule has 1 rings (SSSR count). The first-order chi connectivity index (χ1) is 8.56. The summed E-state index contributed by atoms with van der Waals surface area (Å²) in [5, 5.41) is 11.4. The van der Waals surface area contributed by atoms with Crippen LogP contribution in [-0.2, 0) is 4.79 Å². The van der Waals surface area contributed by atoms with Gasteiger partial charge >= 0.3 is 5.97 Å². The lowest BCUT2D eigenvalue weighted by Gasteiger charge is -2.14. The number of nitrogens with one attached hydrogen (secondary N) is 1. The van der Waals surface area contributed by atoms with Crippen LogP contribution in [-0.4, -0.2) is 30.1 Å². The highest BCUT2D eigenvalue weighted by Crippen LogP contribution is 2.11. The van der Waals surface area contributed by atoms with Gasteiger partial charge in [-0.25, -0.2) is 0 Å². The zero-order valence-corrected chi connectivity index (χ0v) is 10.5. The highest BCUT2D eigenvalue weighted by Gasteiger charge is 2.15. The van der Waals surface area contributed by atoms with Gasteiger partial charge in [0, 0.05) is 11.6 Å². The number of carboxylic acids is 1. The van der Waals surface area contributed by atoms with Crippen LogP contribution in [0.25, 0.3) is 0 Å². The second-order valence-electron chi connectivity index (χ2n) is 3.90. The van der Waals surface area contributed by atoms with E-state index in [1.807, 2.05) is 6.92 Å². The summed E-state index contributed by atoms with van der Waals surface area (Å²) in [5.41, 5.74) is 0.486. The third-order valence-corrected chi connectivity index (χ3v) is 2.60. The van der Waals surface area contributed by atoms with Gasteiger partial charge in [-0.15, -0.1) is 0 Å². The van der Waals surface area contributed by atoms with Gasteiger partial charge in [-0.1, -0.05) is 6.92 Å². The predicted molar refractivity (Wildman–Crippen MR) is 66.8 cm³/mol. The fourth-order valence-electron chi connectivity index (χ4n) is 1.52. The average molecular weight is 251 g/mol. The van der Waals surface area contributed by atoms with Gasteiger partial charge in [0.2, 0.25) is 0 Å². The van der Waals surface area contributed by atoms with Crippen LogP contribution in [0.1, 0.15) is 30.1 Å². The molecular weight excluding hydrogens is 234 g/mol. The first kappa shape index (κ1) is 14.0. The van der Waals surface area contributed by atoms with Crippen LogP contribution in [0.4, 0.5) is 0 Å². The van der Waals surface area contributed by atoms with E-state index in [4.69, 9.17) is 9.84 Å². The maximum atomic E-state index is 11.9. The number of hydrogen-bond acceptors (Lipinski definition) is 3. The molecule has 1 aromatic rings. The third-order valence-electron chi connectivity index (χ3n) is 2.60. The summed E-state index contributed by atoms with van der Waals surface area (Å²) >= 11 is 0. The smallest absolute Gasteiger partial charge is 0.305 e. The molecule has 5 heteroatoms. The number of methoxy groups -OCH3 is 1. The van der Waals surface area contributed by atoms with E-state index in [0.717, 1.165) is 0 Å². The fourth-order valence-corrected chi connectivity index (χ4v) is 1.52. The number of carbonyl (C=O) groups excluding carboxylic acids is 1. The monoisotopic (exact) mass is 251 g/mol. The summed E-state index contributed by atoms with van der Waals surface area (Å²) in [4.78, 5) is 22.5. The molecule has 1 aromatic carbocycles. The van der Waals surface area contributed by atoms with E-state index in [0.29, 0.717) is 17.7 Å². The summed E-state index contributed by atoms with van der Waals surface area (Å²) in [6.07, 6.45) is 0.507. The van der Waals surface area contributed by atoms with E-state index >= 15 is 0 Å². The lowest BCUT2D eigenvalue weighted by Crippen LogP contribution is -2.35. The molecule has 0 saturated carbocycles. The second kappa shape index (κ2) is 6.64. The van der Waals surface area contributed by atoms with Gasteiger partial charge in [-0.2, -0.15) is 0 Å². The topological polar surface area (TPSA) is 75.6 Å². The zero-order chi connectivity index (χ0) is 13.5. The van der Waals surface area contributed by atoms with E-state index in [-0.39, 0.29) is 18.4 Å². The van der Waals surface area contributed by atoms with Gasteiger partial charge in [-0.05, 0) is 30.7 Å². The van der Waals surface area contributed by atoms with Crippen LogP contribution in [0.15, 0.2) is 24.3 Å². The highest BCUT2D eigenvalue weighted by atomic mass is 16.5. The summed E-state index contributed by atoms with van der Waals surface area (Å²) in [5.74, 6) is -0.522. The molecule has 0 aliphatic rings. The summed E-state index contributed by atoms with van der Waals surface area (Å²) in [7, 11) is 1.55. The van der Waals surface area contributed by atoms with Crippen molar-refractivity contribution in [2.45, 2.75) is 25.8 Å². The molecule has 0 saturated heterocycles. The molecule has 1 amide bonds. The van der Waals surface area contributed by atoms with Gasteiger partial charge in [0.1, 0.15) is 5.75 Å². The van der Waals surface area contributed by atoms with Gasteiger partial charge in [0.25, 0.3) is 5.91 Å². The normalized spacial score (nSPS) is 11.7. The summed E-state index contributed by atoms with van der Waals surface area (Å²) in [6, 6.07) is 6.31. The van der Waals surface area contributed by atoms with E-state index in [2.05, 4.69) is 5.32 Å². The van der Waals surface area contributed by atoms with Crippen LogP contribution in [0.2, 0.25) is 0 Å². The van der Waals surface area contributed by atoms with Crippen molar-refractivity contribution in [1.82, 2.24) is 5.32 Å². The molecule has 0 aliphatic heterocycles. The highest BCUT2D eigenvalue weighted by molar-refractivity contribution is 5.94. The molecule has 0 radical (unpaired) electrons. The predicted octanol–water partition coefficient (Wildman–Crippen LogP) is 1.68. The van der Waals surface area contributed by atoms with Crippen LogP contribution >= 0.6 is 0 Å². The number of benzene rings is 1. The molecule has 0 spiro atoms. The van der Waals surface area contributed by atoms with E-state index in [1.165, 1.54) is 0 Å². The second-order valence-corrected chi connectivity index (χ2v) is 3.90. The lowest BCUT2D eigenvalue weighted by atomic mass is 10.1.